The number of rotatable bonds is 12. The van der Waals surface area contributed by atoms with Crippen LogP contribution < -0.4 is 26.8 Å². The Morgan fingerprint density at radius 1 is 0.880 bits per heavy atom. The number of imidazole rings is 1. The first-order valence-corrected chi connectivity index (χ1v) is 16.3. The molecule has 4 aromatic carbocycles. The molecule has 1 aromatic heterocycles. The van der Waals surface area contributed by atoms with Crippen molar-refractivity contribution in [2.75, 3.05) is 37.6 Å². The van der Waals surface area contributed by atoms with E-state index < -0.39 is 18.6 Å². The molecule has 2 amide bonds. The summed E-state index contributed by atoms with van der Waals surface area (Å²) in [6, 6.07) is 24.7. The minimum Gasteiger partial charge on any atom is -0.457 e. The largest absolute Gasteiger partial charge is 0.457 e. The third kappa shape index (κ3) is 7.67. The summed E-state index contributed by atoms with van der Waals surface area (Å²) in [6.45, 7) is 1.89. The Bertz CT molecular complexity index is 2020. The van der Waals surface area contributed by atoms with Crippen LogP contribution in [0.1, 0.15) is 34.8 Å². The van der Waals surface area contributed by atoms with Gasteiger partial charge in [0.25, 0.3) is 5.91 Å². The van der Waals surface area contributed by atoms with Gasteiger partial charge < -0.3 is 36.3 Å². The number of nitrogens with two attached hydrogens (primary N) is 3. The van der Waals surface area contributed by atoms with Gasteiger partial charge in [0.05, 0.1) is 11.0 Å². The lowest BCUT2D eigenvalue weighted by molar-refractivity contribution is -0.121. The minimum atomic E-state index is -0.809. The summed E-state index contributed by atoms with van der Waals surface area (Å²) in [6.07, 6.45) is 0.801. The van der Waals surface area contributed by atoms with E-state index in [1.165, 1.54) is 12.1 Å². The molecule has 0 saturated carbocycles. The van der Waals surface area contributed by atoms with Gasteiger partial charge in [-0.15, -0.1) is 0 Å². The van der Waals surface area contributed by atoms with E-state index in [4.69, 9.17) is 26.9 Å². The lowest BCUT2D eigenvalue weighted by Crippen LogP contribution is -2.48. The van der Waals surface area contributed by atoms with E-state index in [-0.39, 0.29) is 17.7 Å². The van der Waals surface area contributed by atoms with Gasteiger partial charge in [0, 0.05) is 49.5 Å². The van der Waals surface area contributed by atoms with Crippen molar-refractivity contribution in [3.05, 3.63) is 108 Å². The molecule has 1 atom stereocenters. The molecule has 0 unspecified atom stereocenters. The number of guanidine groups is 1. The summed E-state index contributed by atoms with van der Waals surface area (Å²) >= 11 is 0. The normalized spacial score (nSPS) is 13.6. The highest BCUT2D eigenvalue weighted by Gasteiger charge is 2.27. The van der Waals surface area contributed by atoms with E-state index >= 15 is 0 Å². The van der Waals surface area contributed by atoms with Crippen LogP contribution in [0.5, 0.6) is 11.5 Å². The molecule has 0 aliphatic carbocycles. The van der Waals surface area contributed by atoms with Gasteiger partial charge in [-0.2, -0.15) is 0 Å². The first kappa shape index (κ1) is 33.9. The Hall–Kier alpha value is -5.98. The van der Waals surface area contributed by atoms with Crippen LogP contribution in [0.3, 0.4) is 0 Å². The monoisotopic (exact) mass is 680 g/mol. The Morgan fingerprint density at radius 3 is 2.30 bits per heavy atom. The number of piperazine rings is 1. The van der Waals surface area contributed by atoms with Crippen LogP contribution in [0.4, 0.5) is 14.5 Å². The molecule has 50 heavy (non-hydrogen) atoms. The number of fused-ring (bicyclic) bond motifs is 1. The predicted molar refractivity (Wildman–Crippen MR) is 189 cm³/mol. The van der Waals surface area contributed by atoms with Crippen molar-refractivity contribution in [3.8, 4) is 22.9 Å². The molecule has 5 aromatic rings. The maximum atomic E-state index is 13.7. The van der Waals surface area contributed by atoms with E-state index in [2.05, 4.69) is 9.89 Å². The van der Waals surface area contributed by atoms with Gasteiger partial charge in [-0.1, -0.05) is 24.3 Å². The number of nitrogens with zero attached hydrogens (tertiary/aromatic N) is 5. The first-order chi connectivity index (χ1) is 24.2. The summed E-state index contributed by atoms with van der Waals surface area (Å²) < 4.78 is 34.5. The number of aliphatic imine (C=N–C) groups is 1. The molecule has 13 heteroatoms. The summed E-state index contributed by atoms with van der Waals surface area (Å²) in [4.78, 5) is 39.6. The highest BCUT2D eigenvalue weighted by atomic mass is 19.1. The quantitative estimate of drug-likeness (QED) is 0.0935. The van der Waals surface area contributed by atoms with Crippen LogP contribution in [-0.2, 0) is 11.5 Å². The molecule has 1 aliphatic rings. The summed E-state index contributed by atoms with van der Waals surface area (Å²) in [5.74, 6) is 0.362. The highest BCUT2D eigenvalue weighted by Crippen LogP contribution is 2.34. The Balaban J connectivity index is 1.32. The van der Waals surface area contributed by atoms with E-state index in [1.807, 2.05) is 6.07 Å². The number of hydrogen-bond acceptors (Lipinski definition) is 6. The molecule has 2 heterocycles. The zero-order valence-corrected chi connectivity index (χ0v) is 27.3. The molecule has 1 fully saturated rings. The van der Waals surface area contributed by atoms with E-state index in [9.17, 15) is 18.4 Å². The number of carbonyl (C=O) groups excluding carboxylic acids is 2. The second-order valence-electron chi connectivity index (χ2n) is 12.0. The molecule has 0 bridgehead atoms. The minimum absolute atomic E-state index is 0.0441. The number of alkyl halides is 1. The molecule has 0 radical (unpaired) electrons. The maximum absolute atomic E-state index is 13.7. The molecular weight excluding hydrogens is 642 g/mol. The fourth-order valence-corrected chi connectivity index (χ4v) is 6.17. The lowest BCUT2D eigenvalue weighted by atomic mass is 10.1. The van der Waals surface area contributed by atoms with Crippen LogP contribution in [0, 0.1) is 5.82 Å². The number of aromatic nitrogens is 2. The number of hydrogen-bond donors (Lipinski definition) is 3. The van der Waals surface area contributed by atoms with Gasteiger partial charge in [0.15, 0.2) is 5.96 Å². The standard InChI is InChI=1S/C37H38F2N8O3/c38-23-24-4-1-6-29(20-24)50-30-7-2-5-25(21-30)35-44-31-22-26(9-14-32(31)47(35)33(34(40)48)8-3-15-43-37(41)42)36(49)46-18-16-45(17-19-46)28-12-10-27(39)11-13-28/h1-2,4-7,9-14,20-22,33H,3,8,15-19,23H2,(H2,40,48)(H4,41,42,43)/t33-/m0/s1. The second-order valence-corrected chi connectivity index (χ2v) is 12.0. The fraction of sp³-hybridized carbons (Fsp3) is 0.243. The van der Waals surface area contributed by atoms with Crippen molar-refractivity contribution in [2.45, 2.75) is 25.6 Å². The van der Waals surface area contributed by atoms with Crippen molar-refractivity contribution >= 4 is 34.5 Å². The number of benzene rings is 4. The van der Waals surface area contributed by atoms with Crippen LogP contribution >= 0.6 is 0 Å². The molecule has 1 aliphatic heterocycles. The fourth-order valence-electron chi connectivity index (χ4n) is 6.17. The zero-order valence-electron chi connectivity index (χ0n) is 27.3. The van der Waals surface area contributed by atoms with Crippen molar-refractivity contribution in [1.82, 2.24) is 14.5 Å². The van der Waals surface area contributed by atoms with Crippen molar-refractivity contribution in [1.29, 1.82) is 0 Å². The van der Waals surface area contributed by atoms with Gasteiger partial charge in [0.2, 0.25) is 5.91 Å². The molecule has 6 N–H and O–H groups in total. The number of anilines is 1. The van der Waals surface area contributed by atoms with Gasteiger partial charge in [-0.3, -0.25) is 14.6 Å². The van der Waals surface area contributed by atoms with E-state index in [0.29, 0.717) is 90.6 Å². The lowest BCUT2D eigenvalue weighted by Gasteiger charge is -2.36. The topological polar surface area (TPSA) is 158 Å². The zero-order chi connectivity index (χ0) is 35.2. The molecule has 1 saturated heterocycles. The van der Waals surface area contributed by atoms with Gasteiger partial charge in [-0.25, -0.2) is 13.8 Å². The smallest absolute Gasteiger partial charge is 0.254 e. The molecule has 11 nitrogen and oxygen atoms in total. The molecule has 258 valence electrons. The first-order valence-electron chi connectivity index (χ1n) is 16.3. The van der Waals surface area contributed by atoms with Gasteiger partial charge >= 0.3 is 0 Å². The Morgan fingerprint density at radius 2 is 1.60 bits per heavy atom. The Labute approximate surface area is 287 Å². The second kappa shape index (κ2) is 15.1. The van der Waals surface area contributed by atoms with Crippen molar-refractivity contribution in [3.63, 3.8) is 0 Å². The van der Waals surface area contributed by atoms with E-state index in [0.717, 1.165) is 5.69 Å². The highest BCUT2D eigenvalue weighted by molar-refractivity contribution is 5.98. The van der Waals surface area contributed by atoms with Crippen LogP contribution in [-0.4, -0.2) is 64.9 Å². The van der Waals surface area contributed by atoms with Crippen LogP contribution in [0.25, 0.3) is 22.4 Å². The van der Waals surface area contributed by atoms with Crippen molar-refractivity contribution in [2.24, 2.45) is 22.2 Å². The third-order valence-corrected chi connectivity index (χ3v) is 8.65. The SMILES string of the molecule is NC(=O)[C@H](CCCN=C(N)N)n1c(-c2cccc(Oc3cccc(CF)c3)c2)nc2cc(C(=O)N3CCN(c4ccc(F)cc4)CC3)ccc21. The number of amides is 2. The number of halogens is 2. The van der Waals surface area contributed by atoms with Gasteiger partial charge in [0.1, 0.15) is 35.9 Å². The van der Waals surface area contributed by atoms with Crippen LogP contribution in [0.2, 0.25) is 0 Å². The van der Waals surface area contributed by atoms with Crippen molar-refractivity contribution < 1.29 is 23.1 Å². The number of carbonyl (C=O) groups is 2. The van der Waals surface area contributed by atoms with Gasteiger partial charge in [-0.05, 0) is 85.1 Å². The van der Waals surface area contributed by atoms with E-state index in [1.54, 1.807) is 82.3 Å². The Kier molecular flexibility index (Phi) is 10.2. The summed E-state index contributed by atoms with van der Waals surface area (Å²) in [5, 5.41) is 0. The molecular formula is C37H38F2N8O3. The summed E-state index contributed by atoms with van der Waals surface area (Å²) in [7, 11) is 0. The number of primary amides is 1. The average molecular weight is 681 g/mol. The maximum Gasteiger partial charge on any atom is 0.254 e. The predicted octanol–water partition coefficient (Wildman–Crippen LogP) is 5.15. The average Bonchev–Trinajstić information content (AvgIpc) is 3.50. The molecule has 6 rings (SSSR count). The van der Waals surface area contributed by atoms with Crippen LogP contribution in [0.15, 0.2) is 96.0 Å². The summed E-state index contributed by atoms with van der Waals surface area (Å²) in [5.41, 5.74) is 20.6. The number of ether oxygens (including phenoxy) is 1. The third-order valence-electron chi connectivity index (χ3n) is 8.65. The molecule has 0 spiro atoms.